The molecule has 2 heterocycles. The predicted molar refractivity (Wildman–Crippen MR) is 79.6 cm³/mol. The molecule has 0 amide bonds. The molecule has 6 heteroatoms. The lowest BCUT2D eigenvalue weighted by atomic mass is 10.2. The second-order valence-electron chi connectivity index (χ2n) is 4.96. The third kappa shape index (κ3) is 2.06. The zero-order valence-electron chi connectivity index (χ0n) is 11.6. The molecule has 0 bridgehead atoms. The van der Waals surface area contributed by atoms with Gasteiger partial charge in [-0.1, -0.05) is 0 Å². The van der Waals surface area contributed by atoms with Crippen molar-refractivity contribution in [3.05, 3.63) is 36.9 Å². The molecule has 0 aliphatic heterocycles. The zero-order chi connectivity index (χ0) is 14.3. The lowest BCUT2D eigenvalue weighted by Gasteiger charge is -2.12. The van der Waals surface area contributed by atoms with Gasteiger partial charge in [-0.2, -0.15) is 0 Å². The number of hydrogen-bond acceptors (Lipinski definition) is 3. The Kier molecular flexibility index (Phi) is 3.17. The Morgan fingerprint density at radius 2 is 2.10 bits per heavy atom. The predicted octanol–water partition coefficient (Wildman–Crippen LogP) is 2.54. The second kappa shape index (κ2) is 4.86. The molecular formula is C14H16N4OS. The minimum atomic E-state index is -1.10. The molecule has 2 aromatic heterocycles. The van der Waals surface area contributed by atoms with Crippen LogP contribution in [0.3, 0.4) is 0 Å². The molecule has 104 valence electrons. The normalized spacial score (nSPS) is 13.2. The van der Waals surface area contributed by atoms with Gasteiger partial charge in [0.1, 0.15) is 0 Å². The van der Waals surface area contributed by atoms with Crippen LogP contribution in [0.5, 0.6) is 0 Å². The van der Waals surface area contributed by atoms with E-state index in [0.29, 0.717) is 5.16 Å². The fourth-order valence-electron chi connectivity index (χ4n) is 2.33. The minimum Gasteiger partial charge on any atom is -0.314 e. The summed E-state index contributed by atoms with van der Waals surface area (Å²) in [5.74, 6) is 0. The number of benzene rings is 1. The van der Waals surface area contributed by atoms with Crippen molar-refractivity contribution >= 4 is 21.8 Å². The largest absolute Gasteiger partial charge is 0.314 e. The highest BCUT2D eigenvalue weighted by atomic mass is 32.2. The first-order valence-electron chi connectivity index (χ1n) is 6.41. The van der Waals surface area contributed by atoms with Gasteiger partial charge in [0.15, 0.2) is 5.16 Å². The molecule has 1 atom stereocenters. The van der Waals surface area contributed by atoms with E-state index < -0.39 is 10.8 Å². The van der Waals surface area contributed by atoms with Crippen LogP contribution in [0.25, 0.3) is 16.7 Å². The first-order chi connectivity index (χ1) is 9.58. The lowest BCUT2D eigenvalue weighted by molar-refractivity contribution is 0.557. The van der Waals surface area contributed by atoms with Gasteiger partial charge in [0.25, 0.3) is 0 Å². The van der Waals surface area contributed by atoms with Crippen LogP contribution in [-0.4, -0.2) is 29.6 Å². The molecule has 0 aliphatic carbocycles. The Morgan fingerprint density at radius 3 is 2.70 bits per heavy atom. The summed E-state index contributed by atoms with van der Waals surface area (Å²) in [7, 11) is -1.10. The van der Waals surface area contributed by atoms with Crippen LogP contribution in [0.2, 0.25) is 0 Å². The summed E-state index contributed by atoms with van der Waals surface area (Å²) in [5, 5.41) is 0.623. The molecule has 3 aromatic rings. The van der Waals surface area contributed by atoms with E-state index in [0.717, 1.165) is 16.7 Å². The molecule has 0 saturated heterocycles. The van der Waals surface area contributed by atoms with Crippen molar-refractivity contribution in [1.82, 2.24) is 19.1 Å². The average Bonchev–Trinajstić information content (AvgIpc) is 3.04. The fraction of sp³-hybridized carbons (Fsp3) is 0.286. The third-order valence-corrected chi connectivity index (χ3v) is 4.02. The van der Waals surface area contributed by atoms with Crippen LogP contribution in [-0.2, 0) is 10.8 Å². The first-order valence-corrected chi connectivity index (χ1v) is 7.97. The summed E-state index contributed by atoms with van der Waals surface area (Å²) < 4.78 is 15.8. The molecule has 5 nitrogen and oxygen atoms in total. The summed E-state index contributed by atoms with van der Waals surface area (Å²) in [4.78, 5) is 8.56. The molecule has 0 aliphatic rings. The van der Waals surface area contributed by atoms with E-state index >= 15 is 0 Å². The molecule has 0 saturated carbocycles. The van der Waals surface area contributed by atoms with Gasteiger partial charge in [0.05, 0.1) is 28.2 Å². The second-order valence-corrected chi connectivity index (χ2v) is 6.23. The molecule has 1 aromatic carbocycles. The maximum atomic E-state index is 11.9. The third-order valence-electron chi connectivity index (χ3n) is 3.22. The lowest BCUT2D eigenvalue weighted by Crippen LogP contribution is -2.07. The van der Waals surface area contributed by atoms with E-state index in [1.54, 1.807) is 18.8 Å². The summed E-state index contributed by atoms with van der Waals surface area (Å²) in [6, 6.07) is 6.21. The Bertz CT molecular complexity index is 774. The summed E-state index contributed by atoms with van der Waals surface area (Å²) in [6.07, 6.45) is 7.07. The van der Waals surface area contributed by atoms with Crippen LogP contribution in [0.4, 0.5) is 0 Å². The fourth-order valence-corrected chi connectivity index (χ4v) is 3.15. The first kappa shape index (κ1) is 13.1. The quantitative estimate of drug-likeness (QED) is 0.744. The molecule has 0 radical (unpaired) electrons. The zero-order valence-corrected chi connectivity index (χ0v) is 12.5. The molecule has 0 fully saturated rings. The van der Waals surface area contributed by atoms with Crippen LogP contribution in [0.15, 0.2) is 42.1 Å². The molecule has 0 spiro atoms. The van der Waals surface area contributed by atoms with Gasteiger partial charge >= 0.3 is 0 Å². The monoisotopic (exact) mass is 288 g/mol. The maximum Gasteiger partial charge on any atom is 0.200 e. The Balaban J connectivity index is 2.27. The molecule has 0 N–H and O–H groups in total. The van der Waals surface area contributed by atoms with E-state index in [1.807, 2.05) is 27.5 Å². The summed E-state index contributed by atoms with van der Waals surface area (Å²) in [5.41, 5.74) is 2.88. The van der Waals surface area contributed by atoms with E-state index in [2.05, 4.69) is 29.9 Å². The highest BCUT2D eigenvalue weighted by molar-refractivity contribution is 7.84. The van der Waals surface area contributed by atoms with Crippen molar-refractivity contribution in [2.45, 2.75) is 25.0 Å². The number of nitrogens with zero attached hydrogens (tertiary/aromatic N) is 4. The van der Waals surface area contributed by atoms with Crippen molar-refractivity contribution in [3.8, 4) is 5.69 Å². The van der Waals surface area contributed by atoms with Crippen LogP contribution in [0.1, 0.15) is 19.9 Å². The van der Waals surface area contributed by atoms with Crippen molar-refractivity contribution in [3.63, 3.8) is 0 Å². The Labute approximate surface area is 119 Å². The minimum absolute atomic E-state index is 0.205. The Morgan fingerprint density at radius 1 is 1.30 bits per heavy atom. The number of aromatic nitrogens is 4. The standard InChI is InChI=1S/C14H16N4OS/c1-10(2)18-13-8-11(17-7-6-15-9-17)4-5-12(13)16-14(18)20(3)19/h4-10H,1-3H3. The van der Waals surface area contributed by atoms with Gasteiger partial charge in [0, 0.05) is 30.4 Å². The number of hydrogen-bond donors (Lipinski definition) is 0. The SMILES string of the molecule is CC(C)n1c(S(C)=O)nc2ccc(-n3ccnc3)cc21. The smallest absolute Gasteiger partial charge is 0.200 e. The topological polar surface area (TPSA) is 52.7 Å². The number of rotatable bonds is 3. The molecular weight excluding hydrogens is 272 g/mol. The van der Waals surface area contributed by atoms with Gasteiger partial charge in [-0.25, -0.2) is 9.97 Å². The van der Waals surface area contributed by atoms with Crippen LogP contribution >= 0.6 is 0 Å². The maximum absolute atomic E-state index is 11.9. The molecule has 3 rings (SSSR count). The summed E-state index contributed by atoms with van der Waals surface area (Å²) >= 11 is 0. The van der Waals surface area contributed by atoms with Crippen molar-refractivity contribution in [2.24, 2.45) is 0 Å². The van der Waals surface area contributed by atoms with E-state index in [1.165, 1.54) is 0 Å². The van der Waals surface area contributed by atoms with Gasteiger partial charge in [-0.3, -0.25) is 4.21 Å². The number of imidazole rings is 2. The van der Waals surface area contributed by atoms with E-state index in [4.69, 9.17) is 0 Å². The average molecular weight is 288 g/mol. The van der Waals surface area contributed by atoms with Crippen molar-refractivity contribution < 1.29 is 4.21 Å². The van der Waals surface area contributed by atoms with E-state index in [9.17, 15) is 4.21 Å². The van der Waals surface area contributed by atoms with Gasteiger partial charge < -0.3 is 9.13 Å². The van der Waals surface area contributed by atoms with Crippen LogP contribution < -0.4 is 0 Å². The van der Waals surface area contributed by atoms with E-state index in [-0.39, 0.29) is 6.04 Å². The molecule has 20 heavy (non-hydrogen) atoms. The highest BCUT2D eigenvalue weighted by Crippen LogP contribution is 2.25. The Hall–Kier alpha value is -1.95. The van der Waals surface area contributed by atoms with Gasteiger partial charge in [-0.05, 0) is 32.0 Å². The van der Waals surface area contributed by atoms with Crippen molar-refractivity contribution in [2.75, 3.05) is 6.26 Å². The molecule has 1 unspecified atom stereocenters. The van der Waals surface area contributed by atoms with Gasteiger partial charge in [-0.15, -0.1) is 0 Å². The van der Waals surface area contributed by atoms with Crippen LogP contribution in [0, 0.1) is 0 Å². The highest BCUT2D eigenvalue weighted by Gasteiger charge is 2.16. The summed E-state index contributed by atoms with van der Waals surface area (Å²) in [6.45, 7) is 4.14. The number of fused-ring (bicyclic) bond motifs is 1. The van der Waals surface area contributed by atoms with Crippen molar-refractivity contribution in [1.29, 1.82) is 0 Å². The van der Waals surface area contributed by atoms with Gasteiger partial charge in [0.2, 0.25) is 0 Å².